The number of nitrogens with one attached hydrogen (secondary N) is 1. The number of nitrogens with zero attached hydrogens (tertiary/aromatic N) is 2. The molecule has 0 unspecified atom stereocenters. The normalized spacial score (nSPS) is 10.2. The van der Waals surface area contributed by atoms with Crippen LogP contribution >= 0.6 is 23.2 Å². The predicted octanol–water partition coefficient (Wildman–Crippen LogP) is 3.86. The molecule has 0 radical (unpaired) electrons. The van der Waals surface area contributed by atoms with Gasteiger partial charge in [-0.3, -0.25) is 14.9 Å². The molecule has 1 aromatic carbocycles. The lowest BCUT2D eigenvalue weighted by Gasteiger charge is -2.10. The molecule has 0 fully saturated rings. The van der Waals surface area contributed by atoms with Crippen molar-refractivity contribution in [3.8, 4) is 0 Å². The highest BCUT2D eigenvalue weighted by atomic mass is 35.5. The number of aromatic nitrogens is 1. The number of aryl methyl sites for hydroxylation is 1. The van der Waals surface area contributed by atoms with Crippen LogP contribution in [0.1, 0.15) is 15.9 Å². The van der Waals surface area contributed by atoms with Gasteiger partial charge in [0.15, 0.2) is 0 Å². The van der Waals surface area contributed by atoms with Crippen molar-refractivity contribution in [2.45, 2.75) is 6.92 Å². The maximum atomic E-state index is 12.2. The van der Waals surface area contributed by atoms with Crippen LogP contribution in [0.25, 0.3) is 0 Å². The average Bonchev–Trinajstić information content (AvgIpc) is 2.42. The van der Waals surface area contributed by atoms with E-state index >= 15 is 0 Å². The zero-order chi connectivity index (χ0) is 15.6. The first-order valence-electron chi connectivity index (χ1n) is 5.76. The lowest BCUT2D eigenvalue weighted by molar-refractivity contribution is -0.385. The van der Waals surface area contributed by atoms with Crippen molar-refractivity contribution in [3.05, 3.63) is 61.9 Å². The third kappa shape index (κ3) is 3.29. The second-order valence-electron chi connectivity index (χ2n) is 4.17. The highest BCUT2D eigenvalue weighted by Gasteiger charge is 2.22. The Kier molecular flexibility index (Phi) is 4.40. The molecule has 108 valence electrons. The Hall–Kier alpha value is -2.18. The van der Waals surface area contributed by atoms with Gasteiger partial charge in [-0.15, -0.1) is 0 Å². The SMILES string of the molecule is Cc1cccc(Cl)c1NC(=O)c1cc(Cl)ncc1[N+](=O)[O-]. The first-order valence-corrected chi connectivity index (χ1v) is 6.52. The molecule has 0 saturated heterocycles. The Morgan fingerprint density at radius 3 is 2.71 bits per heavy atom. The minimum Gasteiger partial charge on any atom is -0.320 e. The van der Waals surface area contributed by atoms with Crippen LogP contribution in [0.4, 0.5) is 11.4 Å². The molecule has 1 aromatic heterocycles. The van der Waals surface area contributed by atoms with Crippen molar-refractivity contribution in [2.24, 2.45) is 0 Å². The van der Waals surface area contributed by atoms with E-state index in [4.69, 9.17) is 23.2 Å². The number of pyridine rings is 1. The number of hydrogen-bond donors (Lipinski definition) is 1. The summed E-state index contributed by atoms with van der Waals surface area (Å²) in [6, 6.07) is 6.24. The van der Waals surface area contributed by atoms with E-state index in [-0.39, 0.29) is 10.7 Å². The molecule has 0 bridgehead atoms. The summed E-state index contributed by atoms with van der Waals surface area (Å²) in [5.41, 5.74) is 0.519. The van der Waals surface area contributed by atoms with E-state index in [1.807, 2.05) is 0 Å². The van der Waals surface area contributed by atoms with E-state index in [9.17, 15) is 14.9 Å². The summed E-state index contributed by atoms with van der Waals surface area (Å²) in [6.45, 7) is 1.76. The molecule has 0 saturated carbocycles. The van der Waals surface area contributed by atoms with Crippen molar-refractivity contribution >= 4 is 40.5 Å². The number of hydrogen-bond acceptors (Lipinski definition) is 4. The predicted molar refractivity (Wildman–Crippen MR) is 80.0 cm³/mol. The zero-order valence-corrected chi connectivity index (χ0v) is 12.3. The summed E-state index contributed by atoms with van der Waals surface area (Å²) in [5.74, 6) is -0.679. The molecule has 0 aliphatic rings. The van der Waals surface area contributed by atoms with Crippen LogP contribution in [-0.2, 0) is 0 Å². The molecule has 2 rings (SSSR count). The molecule has 0 spiro atoms. The number of carbonyl (C=O) groups is 1. The van der Waals surface area contributed by atoms with Crippen molar-refractivity contribution in [1.82, 2.24) is 4.98 Å². The largest absolute Gasteiger partial charge is 0.320 e. The molecule has 8 heteroatoms. The number of nitro groups is 1. The van der Waals surface area contributed by atoms with Gasteiger partial charge in [-0.05, 0) is 24.6 Å². The fourth-order valence-corrected chi connectivity index (χ4v) is 2.15. The Labute approximate surface area is 129 Å². The van der Waals surface area contributed by atoms with Gasteiger partial charge in [-0.25, -0.2) is 4.98 Å². The summed E-state index contributed by atoms with van der Waals surface area (Å²) in [4.78, 5) is 26.1. The van der Waals surface area contributed by atoms with E-state index in [0.29, 0.717) is 10.7 Å². The first kappa shape index (κ1) is 15.2. The summed E-state index contributed by atoms with van der Waals surface area (Å²) in [7, 11) is 0. The average molecular weight is 326 g/mol. The number of benzene rings is 1. The maximum absolute atomic E-state index is 12.2. The van der Waals surface area contributed by atoms with Crippen LogP contribution < -0.4 is 5.32 Å². The van der Waals surface area contributed by atoms with Crippen LogP contribution in [-0.4, -0.2) is 15.8 Å². The molecule has 1 amide bonds. The van der Waals surface area contributed by atoms with Crippen molar-refractivity contribution < 1.29 is 9.72 Å². The summed E-state index contributed by atoms with van der Waals surface area (Å²) in [5, 5.41) is 13.8. The molecule has 0 atom stereocenters. The van der Waals surface area contributed by atoms with E-state index < -0.39 is 16.5 Å². The van der Waals surface area contributed by atoms with Gasteiger partial charge in [0.2, 0.25) is 0 Å². The van der Waals surface area contributed by atoms with Crippen molar-refractivity contribution in [3.63, 3.8) is 0 Å². The molecule has 0 aliphatic carbocycles. The van der Waals surface area contributed by atoms with Gasteiger partial charge in [0, 0.05) is 0 Å². The smallest absolute Gasteiger partial charge is 0.300 e. The number of carbonyl (C=O) groups excluding carboxylic acids is 1. The molecule has 1 heterocycles. The van der Waals surface area contributed by atoms with Gasteiger partial charge in [0.1, 0.15) is 16.9 Å². The minimum atomic E-state index is -0.697. The molecule has 6 nitrogen and oxygen atoms in total. The van der Waals surface area contributed by atoms with Crippen molar-refractivity contribution in [2.75, 3.05) is 5.32 Å². The number of amides is 1. The lowest BCUT2D eigenvalue weighted by atomic mass is 10.1. The van der Waals surface area contributed by atoms with Gasteiger partial charge in [-0.2, -0.15) is 0 Å². The Morgan fingerprint density at radius 2 is 2.10 bits per heavy atom. The maximum Gasteiger partial charge on any atom is 0.300 e. The van der Waals surface area contributed by atoms with Crippen LogP contribution in [0.2, 0.25) is 10.2 Å². The lowest BCUT2D eigenvalue weighted by Crippen LogP contribution is -2.15. The fourth-order valence-electron chi connectivity index (χ4n) is 1.72. The van der Waals surface area contributed by atoms with Crippen LogP contribution in [0.3, 0.4) is 0 Å². The van der Waals surface area contributed by atoms with E-state index in [1.54, 1.807) is 25.1 Å². The first-order chi connectivity index (χ1) is 9.90. The van der Waals surface area contributed by atoms with Gasteiger partial charge in [-0.1, -0.05) is 35.3 Å². The second-order valence-corrected chi connectivity index (χ2v) is 4.96. The highest BCUT2D eigenvalue weighted by Crippen LogP contribution is 2.27. The summed E-state index contributed by atoms with van der Waals surface area (Å²) in [6.07, 6.45) is 0.941. The zero-order valence-electron chi connectivity index (χ0n) is 10.8. The number of anilines is 1. The topological polar surface area (TPSA) is 85.1 Å². The standard InChI is InChI=1S/C13H9Cl2N3O3/c1-7-3-2-4-9(14)12(7)17-13(19)8-5-11(15)16-6-10(8)18(20)21/h2-6H,1H3,(H,17,19). The molecule has 1 N–H and O–H groups in total. The minimum absolute atomic E-state index is 0.0124. The van der Waals surface area contributed by atoms with Crippen LogP contribution in [0, 0.1) is 17.0 Å². The summed E-state index contributed by atoms with van der Waals surface area (Å²) >= 11 is 11.7. The van der Waals surface area contributed by atoms with Crippen LogP contribution in [0.5, 0.6) is 0 Å². The number of para-hydroxylation sites is 1. The molecular weight excluding hydrogens is 317 g/mol. The van der Waals surface area contributed by atoms with Crippen molar-refractivity contribution in [1.29, 1.82) is 0 Å². The Balaban J connectivity index is 2.41. The van der Waals surface area contributed by atoms with Crippen LogP contribution in [0.15, 0.2) is 30.5 Å². The van der Waals surface area contributed by atoms with E-state index in [0.717, 1.165) is 17.8 Å². The Bertz CT molecular complexity index is 714. The van der Waals surface area contributed by atoms with Gasteiger partial charge in [0.25, 0.3) is 11.6 Å². The van der Waals surface area contributed by atoms with Gasteiger partial charge < -0.3 is 5.32 Å². The van der Waals surface area contributed by atoms with E-state index in [2.05, 4.69) is 10.3 Å². The molecule has 2 aromatic rings. The molecular formula is C13H9Cl2N3O3. The van der Waals surface area contributed by atoms with Gasteiger partial charge in [0.05, 0.1) is 15.6 Å². The highest BCUT2D eigenvalue weighted by molar-refractivity contribution is 6.34. The second kappa shape index (κ2) is 6.07. The molecule has 0 aliphatic heterocycles. The van der Waals surface area contributed by atoms with E-state index in [1.165, 1.54) is 0 Å². The quantitative estimate of drug-likeness (QED) is 0.527. The third-order valence-corrected chi connectivity index (χ3v) is 3.27. The number of halogens is 2. The fraction of sp³-hybridized carbons (Fsp3) is 0.0769. The summed E-state index contributed by atoms with van der Waals surface area (Å²) < 4.78 is 0. The monoisotopic (exact) mass is 325 g/mol. The van der Waals surface area contributed by atoms with Gasteiger partial charge >= 0.3 is 0 Å². The molecule has 21 heavy (non-hydrogen) atoms. The third-order valence-electron chi connectivity index (χ3n) is 2.75. The Morgan fingerprint density at radius 1 is 1.38 bits per heavy atom. The number of rotatable bonds is 3.